The van der Waals surface area contributed by atoms with Gasteiger partial charge in [0, 0.05) is 24.3 Å². The molecule has 7 nitrogen and oxygen atoms in total. The predicted molar refractivity (Wildman–Crippen MR) is 115 cm³/mol. The van der Waals surface area contributed by atoms with Crippen molar-refractivity contribution in [2.75, 3.05) is 37.4 Å². The number of amides is 3. The summed E-state index contributed by atoms with van der Waals surface area (Å²) in [4.78, 5) is 27.2. The van der Waals surface area contributed by atoms with E-state index in [1.165, 1.54) is 11.3 Å². The fourth-order valence-electron chi connectivity index (χ4n) is 3.15. The Morgan fingerprint density at radius 1 is 1.10 bits per heavy atom. The van der Waals surface area contributed by atoms with E-state index in [2.05, 4.69) is 10.6 Å². The maximum absolute atomic E-state index is 12.6. The molecule has 1 aliphatic rings. The molecule has 0 atom stereocenters. The number of hydrogen-bond acceptors (Lipinski definition) is 5. The monoisotopic (exact) mass is 410 g/mol. The number of morpholine rings is 1. The number of rotatable bonds is 4. The van der Waals surface area contributed by atoms with Crippen molar-refractivity contribution in [3.8, 4) is 0 Å². The number of carbonyl (C=O) groups is 2. The molecule has 1 aromatic heterocycles. The standard InChI is InChI=1S/C21H22N4O3S/c22-16-3-1-2-4-17(16)24-20(26)19-12-15-6-5-14(11-18(15)29-19)13-23-21(27)25-7-9-28-10-8-25/h1-6,11-12H,7-10,13,22H2,(H,23,27)(H,24,26). The second kappa shape index (κ2) is 8.50. The highest BCUT2D eigenvalue weighted by Crippen LogP contribution is 2.28. The fourth-order valence-corrected chi connectivity index (χ4v) is 4.17. The Labute approximate surface area is 172 Å². The topological polar surface area (TPSA) is 96.7 Å². The van der Waals surface area contributed by atoms with Gasteiger partial charge in [-0.25, -0.2) is 4.79 Å². The van der Waals surface area contributed by atoms with Crippen LogP contribution >= 0.6 is 11.3 Å². The van der Waals surface area contributed by atoms with Gasteiger partial charge < -0.3 is 26.0 Å². The van der Waals surface area contributed by atoms with E-state index in [4.69, 9.17) is 10.5 Å². The lowest BCUT2D eigenvalue weighted by atomic mass is 10.1. The molecule has 0 radical (unpaired) electrons. The van der Waals surface area contributed by atoms with Gasteiger partial charge in [-0.15, -0.1) is 11.3 Å². The number of benzene rings is 2. The molecule has 0 bridgehead atoms. The number of fused-ring (bicyclic) bond motifs is 1. The summed E-state index contributed by atoms with van der Waals surface area (Å²) in [5.74, 6) is -0.189. The van der Waals surface area contributed by atoms with E-state index in [-0.39, 0.29) is 11.9 Å². The number of hydrogen-bond donors (Lipinski definition) is 3. The Kier molecular flexibility index (Phi) is 5.64. The minimum atomic E-state index is -0.189. The summed E-state index contributed by atoms with van der Waals surface area (Å²) >= 11 is 1.41. The van der Waals surface area contributed by atoms with Gasteiger partial charge in [0.2, 0.25) is 0 Å². The van der Waals surface area contributed by atoms with Gasteiger partial charge in [0.15, 0.2) is 0 Å². The molecule has 150 valence electrons. The Balaban J connectivity index is 1.42. The zero-order valence-electron chi connectivity index (χ0n) is 15.8. The number of ether oxygens (including phenoxy) is 1. The molecule has 1 fully saturated rings. The molecule has 3 amide bonds. The first-order valence-corrected chi connectivity index (χ1v) is 10.2. The van der Waals surface area contributed by atoms with Crippen LogP contribution in [0.25, 0.3) is 10.1 Å². The number of anilines is 2. The zero-order chi connectivity index (χ0) is 20.2. The first kappa shape index (κ1) is 19.2. The molecule has 0 aliphatic carbocycles. The molecule has 29 heavy (non-hydrogen) atoms. The highest BCUT2D eigenvalue weighted by Gasteiger charge is 2.16. The molecule has 8 heteroatoms. The average Bonchev–Trinajstić information content (AvgIpc) is 3.18. The summed E-state index contributed by atoms with van der Waals surface area (Å²) in [7, 11) is 0. The number of nitrogens with two attached hydrogens (primary N) is 1. The van der Waals surface area contributed by atoms with Gasteiger partial charge in [-0.2, -0.15) is 0 Å². The Morgan fingerprint density at radius 2 is 1.90 bits per heavy atom. The molecule has 4 N–H and O–H groups in total. The second-order valence-corrected chi connectivity index (χ2v) is 7.87. The van der Waals surface area contributed by atoms with Crippen LogP contribution in [0.5, 0.6) is 0 Å². The van der Waals surface area contributed by atoms with Gasteiger partial charge in [0.05, 0.1) is 29.5 Å². The second-order valence-electron chi connectivity index (χ2n) is 6.78. The lowest BCUT2D eigenvalue weighted by molar-refractivity contribution is 0.0531. The quantitative estimate of drug-likeness (QED) is 0.575. The minimum Gasteiger partial charge on any atom is -0.397 e. The van der Waals surface area contributed by atoms with E-state index in [9.17, 15) is 9.59 Å². The minimum absolute atomic E-state index is 0.0832. The molecular formula is C21H22N4O3S. The van der Waals surface area contributed by atoms with Crippen LogP contribution < -0.4 is 16.4 Å². The third kappa shape index (κ3) is 4.49. The molecule has 3 aromatic rings. The van der Waals surface area contributed by atoms with Crippen LogP contribution in [0.4, 0.5) is 16.2 Å². The van der Waals surface area contributed by atoms with Crippen LogP contribution in [-0.4, -0.2) is 43.1 Å². The largest absolute Gasteiger partial charge is 0.397 e. The predicted octanol–water partition coefficient (Wildman–Crippen LogP) is 3.28. The molecule has 2 aromatic carbocycles. The lowest BCUT2D eigenvalue weighted by Crippen LogP contribution is -2.45. The van der Waals surface area contributed by atoms with Crippen LogP contribution in [0, 0.1) is 0 Å². The highest BCUT2D eigenvalue weighted by atomic mass is 32.1. The lowest BCUT2D eigenvalue weighted by Gasteiger charge is -2.26. The van der Waals surface area contributed by atoms with E-state index < -0.39 is 0 Å². The molecule has 0 saturated carbocycles. The summed E-state index contributed by atoms with van der Waals surface area (Å²) in [5.41, 5.74) is 8.01. The summed E-state index contributed by atoms with van der Waals surface area (Å²) in [6.45, 7) is 2.81. The number of nitrogens with one attached hydrogen (secondary N) is 2. The van der Waals surface area contributed by atoms with Crippen LogP contribution in [0.2, 0.25) is 0 Å². The fraction of sp³-hybridized carbons (Fsp3) is 0.238. The Hall–Kier alpha value is -3.10. The maximum atomic E-state index is 12.6. The normalized spacial score (nSPS) is 14.0. The number of carbonyl (C=O) groups excluding carboxylic acids is 2. The average molecular weight is 410 g/mol. The molecule has 0 spiro atoms. The summed E-state index contributed by atoms with van der Waals surface area (Å²) < 4.78 is 6.26. The summed E-state index contributed by atoms with van der Waals surface area (Å²) in [5, 5.41) is 6.79. The van der Waals surface area contributed by atoms with Crippen LogP contribution in [0.15, 0.2) is 48.5 Å². The Bertz CT molecular complexity index is 1040. The molecule has 2 heterocycles. The molecule has 1 aliphatic heterocycles. The van der Waals surface area contributed by atoms with Gasteiger partial charge in [-0.1, -0.05) is 24.3 Å². The van der Waals surface area contributed by atoms with Gasteiger partial charge in [0.25, 0.3) is 5.91 Å². The van der Waals surface area contributed by atoms with E-state index in [0.29, 0.717) is 49.1 Å². The number of nitrogen functional groups attached to an aromatic ring is 1. The molecule has 4 rings (SSSR count). The van der Waals surface area contributed by atoms with Crippen LogP contribution in [0.3, 0.4) is 0 Å². The van der Waals surface area contributed by atoms with E-state index in [1.54, 1.807) is 17.0 Å². The first-order chi connectivity index (χ1) is 14.1. The number of nitrogens with zero attached hydrogens (tertiary/aromatic N) is 1. The number of urea groups is 1. The molecular weight excluding hydrogens is 388 g/mol. The maximum Gasteiger partial charge on any atom is 0.317 e. The third-order valence-corrected chi connectivity index (χ3v) is 5.86. The van der Waals surface area contributed by atoms with Crippen LogP contribution in [-0.2, 0) is 11.3 Å². The van der Waals surface area contributed by atoms with Gasteiger partial charge in [0.1, 0.15) is 0 Å². The zero-order valence-corrected chi connectivity index (χ0v) is 16.6. The summed E-state index contributed by atoms with van der Waals surface area (Å²) in [6.07, 6.45) is 0. The smallest absolute Gasteiger partial charge is 0.317 e. The van der Waals surface area contributed by atoms with Crippen molar-refractivity contribution in [2.45, 2.75) is 6.54 Å². The van der Waals surface area contributed by atoms with E-state index >= 15 is 0 Å². The molecule has 1 saturated heterocycles. The number of para-hydroxylation sites is 2. The van der Waals surface area contributed by atoms with Gasteiger partial charge in [-0.3, -0.25) is 4.79 Å². The van der Waals surface area contributed by atoms with Crippen molar-refractivity contribution in [2.24, 2.45) is 0 Å². The Morgan fingerprint density at radius 3 is 2.69 bits per heavy atom. The summed E-state index contributed by atoms with van der Waals surface area (Å²) in [6, 6.07) is 14.9. The van der Waals surface area contributed by atoms with E-state index in [0.717, 1.165) is 15.6 Å². The van der Waals surface area contributed by atoms with Crippen molar-refractivity contribution >= 4 is 44.7 Å². The van der Waals surface area contributed by atoms with Crippen LogP contribution in [0.1, 0.15) is 15.2 Å². The highest BCUT2D eigenvalue weighted by molar-refractivity contribution is 7.20. The van der Waals surface area contributed by atoms with E-state index in [1.807, 2.05) is 36.4 Å². The van der Waals surface area contributed by atoms with Gasteiger partial charge in [-0.05, 0) is 35.2 Å². The van der Waals surface area contributed by atoms with Gasteiger partial charge >= 0.3 is 6.03 Å². The van der Waals surface area contributed by atoms with Crippen molar-refractivity contribution in [3.05, 3.63) is 59.0 Å². The van der Waals surface area contributed by atoms with Crippen molar-refractivity contribution in [3.63, 3.8) is 0 Å². The van der Waals surface area contributed by atoms with Crippen molar-refractivity contribution < 1.29 is 14.3 Å². The first-order valence-electron chi connectivity index (χ1n) is 9.39. The number of thiophene rings is 1. The van der Waals surface area contributed by atoms with Crippen molar-refractivity contribution in [1.82, 2.24) is 10.2 Å². The van der Waals surface area contributed by atoms with Crippen molar-refractivity contribution in [1.29, 1.82) is 0 Å². The molecule has 0 unspecified atom stereocenters. The SMILES string of the molecule is Nc1ccccc1NC(=O)c1cc2ccc(CNC(=O)N3CCOCC3)cc2s1. The third-order valence-electron chi connectivity index (χ3n) is 4.76.